The number of nitrogens with zero attached hydrogens (tertiary/aromatic N) is 1. The normalized spacial score (nSPS) is 12.6. The van der Waals surface area contributed by atoms with Gasteiger partial charge >= 0.3 is 0 Å². The Balaban J connectivity index is 1.99. The molecule has 0 spiro atoms. The first-order valence-electron chi connectivity index (χ1n) is 5.65. The number of aromatic amines is 1. The van der Waals surface area contributed by atoms with Crippen molar-refractivity contribution in [2.45, 2.75) is 18.1 Å². The summed E-state index contributed by atoms with van der Waals surface area (Å²) in [5.74, 6) is 0.965. The van der Waals surface area contributed by atoms with E-state index in [1.165, 1.54) is 11.1 Å². The summed E-state index contributed by atoms with van der Waals surface area (Å²) in [6.07, 6.45) is 3.63. The first kappa shape index (κ1) is 12.2. The number of benzene rings is 1. The Bertz CT molecular complexity index is 436. The number of rotatable bonds is 5. The van der Waals surface area contributed by atoms with Crippen LogP contribution in [0.2, 0.25) is 0 Å². The number of nitrogens with one attached hydrogen (secondary N) is 2. The Kier molecular flexibility index (Phi) is 4.23. The van der Waals surface area contributed by atoms with Crippen LogP contribution in [-0.2, 0) is 0 Å². The molecular weight excluding hydrogens is 230 g/mol. The van der Waals surface area contributed by atoms with Crippen molar-refractivity contribution in [3.05, 3.63) is 47.8 Å². The van der Waals surface area contributed by atoms with Gasteiger partial charge in [0, 0.05) is 24.2 Å². The topological polar surface area (TPSA) is 40.7 Å². The lowest BCUT2D eigenvalue weighted by atomic mass is 10.1. The van der Waals surface area contributed by atoms with Gasteiger partial charge in [0.1, 0.15) is 0 Å². The molecule has 2 rings (SSSR count). The van der Waals surface area contributed by atoms with Gasteiger partial charge in [0.2, 0.25) is 0 Å². The standard InChI is InChI=1S/C13H17N3S/c1-10-3-5-11(6-4-10)12(14-2)9-17-13-15-7-8-16-13/h3-8,12,14H,9H2,1-2H3,(H,15,16). The molecule has 1 atom stereocenters. The van der Waals surface area contributed by atoms with Gasteiger partial charge in [-0.25, -0.2) is 4.98 Å². The molecule has 2 aromatic rings. The van der Waals surface area contributed by atoms with Crippen LogP contribution in [0.15, 0.2) is 41.8 Å². The first-order valence-corrected chi connectivity index (χ1v) is 6.64. The van der Waals surface area contributed by atoms with E-state index >= 15 is 0 Å². The fourth-order valence-corrected chi connectivity index (χ4v) is 2.61. The average molecular weight is 247 g/mol. The van der Waals surface area contributed by atoms with E-state index in [0.29, 0.717) is 6.04 Å². The Morgan fingerprint density at radius 3 is 2.71 bits per heavy atom. The summed E-state index contributed by atoms with van der Waals surface area (Å²) in [7, 11) is 1.99. The van der Waals surface area contributed by atoms with E-state index in [0.717, 1.165) is 10.9 Å². The number of hydrogen-bond acceptors (Lipinski definition) is 3. The van der Waals surface area contributed by atoms with Crippen molar-refractivity contribution in [1.29, 1.82) is 0 Å². The molecule has 0 bridgehead atoms. The highest BCUT2D eigenvalue weighted by Crippen LogP contribution is 2.22. The Morgan fingerprint density at radius 2 is 2.12 bits per heavy atom. The summed E-state index contributed by atoms with van der Waals surface area (Å²) in [4.78, 5) is 7.31. The van der Waals surface area contributed by atoms with Crippen LogP contribution in [0.4, 0.5) is 0 Å². The quantitative estimate of drug-likeness (QED) is 0.798. The van der Waals surface area contributed by atoms with Crippen molar-refractivity contribution in [3.63, 3.8) is 0 Å². The molecule has 1 aromatic carbocycles. The van der Waals surface area contributed by atoms with E-state index in [-0.39, 0.29) is 0 Å². The Morgan fingerprint density at radius 1 is 1.35 bits per heavy atom. The number of imidazole rings is 1. The summed E-state index contributed by atoms with van der Waals surface area (Å²) >= 11 is 1.73. The summed E-state index contributed by atoms with van der Waals surface area (Å²) in [5, 5.41) is 4.31. The van der Waals surface area contributed by atoms with Gasteiger partial charge in [0.15, 0.2) is 5.16 Å². The SMILES string of the molecule is CNC(CSc1ncc[nH]1)c1ccc(C)cc1. The summed E-state index contributed by atoms with van der Waals surface area (Å²) in [6, 6.07) is 9.01. The number of hydrogen-bond donors (Lipinski definition) is 2. The molecule has 0 radical (unpaired) electrons. The van der Waals surface area contributed by atoms with Gasteiger partial charge in [-0.2, -0.15) is 0 Å². The molecule has 2 N–H and O–H groups in total. The molecule has 3 nitrogen and oxygen atoms in total. The lowest BCUT2D eigenvalue weighted by Gasteiger charge is -2.15. The van der Waals surface area contributed by atoms with E-state index in [4.69, 9.17) is 0 Å². The maximum Gasteiger partial charge on any atom is 0.165 e. The van der Waals surface area contributed by atoms with Gasteiger partial charge in [-0.3, -0.25) is 0 Å². The van der Waals surface area contributed by atoms with Crippen molar-refractivity contribution in [2.24, 2.45) is 0 Å². The van der Waals surface area contributed by atoms with Crippen LogP contribution in [0, 0.1) is 6.92 Å². The zero-order valence-electron chi connectivity index (χ0n) is 10.1. The van der Waals surface area contributed by atoms with Crippen molar-refractivity contribution >= 4 is 11.8 Å². The Labute approximate surface area is 106 Å². The molecule has 4 heteroatoms. The molecule has 1 unspecified atom stereocenters. The lowest BCUT2D eigenvalue weighted by Crippen LogP contribution is -2.18. The summed E-state index contributed by atoms with van der Waals surface area (Å²) in [5.41, 5.74) is 2.61. The smallest absolute Gasteiger partial charge is 0.165 e. The molecule has 90 valence electrons. The second kappa shape index (κ2) is 5.89. The van der Waals surface area contributed by atoms with Gasteiger partial charge in [-0.05, 0) is 19.5 Å². The highest BCUT2D eigenvalue weighted by molar-refractivity contribution is 7.99. The van der Waals surface area contributed by atoms with E-state index in [1.807, 2.05) is 13.2 Å². The minimum atomic E-state index is 0.353. The fraction of sp³-hybridized carbons (Fsp3) is 0.308. The molecular formula is C13H17N3S. The van der Waals surface area contributed by atoms with Crippen LogP contribution in [0.25, 0.3) is 0 Å². The molecule has 0 aliphatic heterocycles. The molecule has 0 amide bonds. The molecule has 0 saturated heterocycles. The maximum atomic E-state index is 4.21. The monoisotopic (exact) mass is 247 g/mol. The minimum absolute atomic E-state index is 0.353. The van der Waals surface area contributed by atoms with E-state index in [1.54, 1.807) is 18.0 Å². The van der Waals surface area contributed by atoms with E-state index < -0.39 is 0 Å². The van der Waals surface area contributed by atoms with Gasteiger partial charge in [0.05, 0.1) is 0 Å². The van der Waals surface area contributed by atoms with Crippen molar-refractivity contribution in [3.8, 4) is 0 Å². The number of H-pyrrole nitrogens is 1. The zero-order valence-corrected chi connectivity index (χ0v) is 10.9. The second-order valence-electron chi connectivity index (χ2n) is 3.96. The first-order chi connectivity index (χ1) is 8.29. The third kappa shape index (κ3) is 3.35. The molecule has 0 aliphatic rings. The molecule has 1 aromatic heterocycles. The van der Waals surface area contributed by atoms with Gasteiger partial charge < -0.3 is 10.3 Å². The third-order valence-electron chi connectivity index (χ3n) is 2.69. The molecule has 0 fully saturated rings. The van der Waals surface area contributed by atoms with Crippen LogP contribution < -0.4 is 5.32 Å². The highest BCUT2D eigenvalue weighted by atomic mass is 32.2. The van der Waals surface area contributed by atoms with Crippen LogP contribution in [0.5, 0.6) is 0 Å². The molecule has 0 aliphatic carbocycles. The van der Waals surface area contributed by atoms with Crippen molar-refractivity contribution in [1.82, 2.24) is 15.3 Å². The molecule has 17 heavy (non-hydrogen) atoms. The van der Waals surface area contributed by atoms with Crippen LogP contribution >= 0.6 is 11.8 Å². The zero-order chi connectivity index (χ0) is 12.1. The van der Waals surface area contributed by atoms with Crippen LogP contribution in [0.1, 0.15) is 17.2 Å². The van der Waals surface area contributed by atoms with E-state index in [2.05, 4.69) is 46.5 Å². The third-order valence-corrected chi connectivity index (χ3v) is 3.68. The van der Waals surface area contributed by atoms with Gasteiger partial charge in [-0.15, -0.1) is 0 Å². The van der Waals surface area contributed by atoms with Crippen molar-refractivity contribution in [2.75, 3.05) is 12.8 Å². The number of thioether (sulfide) groups is 1. The number of aryl methyl sites for hydroxylation is 1. The second-order valence-corrected chi connectivity index (χ2v) is 4.97. The highest BCUT2D eigenvalue weighted by Gasteiger charge is 2.10. The fourth-order valence-electron chi connectivity index (χ4n) is 1.64. The van der Waals surface area contributed by atoms with Crippen LogP contribution in [0.3, 0.4) is 0 Å². The molecule has 0 saturated carbocycles. The van der Waals surface area contributed by atoms with Crippen molar-refractivity contribution < 1.29 is 0 Å². The summed E-state index contributed by atoms with van der Waals surface area (Å²) in [6.45, 7) is 2.11. The van der Waals surface area contributed by atoms with E-state index in [9.17, 15) is 0 Å². The van der Waals surface area contributed by atoms with Gasteiger partial charge in [0.25, 0.3) is 0 Å². The minimum Gasteiger partial charge on any atom is -0.340 e. The summed E-state index contributed by atoms with van der Waals surface area (Å²) < 4.78 is 0. The predicted molar refractivity (Wildman–Crippen MR) is 72.3 cm³/mol. The largest absolute Gasteiger partial charge is 0.340 e. The Hall–Kier alpha value is -1.26. The average Bonchev–Trinajstić information content (AvgIpc) is 2.85. The number of aromatic nitrogens is 2. The predicted octanol–water partition coefficient (Wildman–Crippen LogP) is 2.77. The lowest BCUT2D eigenvalue weighted by molar-refractivity contribution is 0.661. The van der Waals surface area contributed by atoms with Gasteiger partial charge in [-0.1, -0.05) is 41.6 Å². The molecule has 1 heterocycles. The maximum absolute atomic E-state index is 4.21. The van der Waals surface area contributed by atoms with Crippen LogP contribution in [-0.4, -0.2) is 22.8 Å².